The van der Waals surface area contributed by atoms with Gasteiger partial charge in [-0.1, -0.05) is 128 Å². The predicted molar refractivity (Wildman–Crippen MR) is 128 cm³/mol. The Morgan fingerprint density at radius 1 is 0.385 bits per heavy atom. The Kier molecular flexibility index (Phi) is 20.9. The van der Waals surface area contributed by atoms with Crippen molar-refractivity contribution in [2.45, 2.75) is 136 Å². The zero-order valence-corrected chi connectivity index (χ0v) is 20.2. The molecule has 0 amide bonds. The van der Waals surface area contributed by atoms with E-state index < -0.39 is 9.24 Å². The van der Waals surface area contributed by atoms with Crippen LogP contribution in [0.3, 0.4) is 0 Å². The summed E-state index contributed by atoms with van der Waals surface area (Å²) in [5.41, 5.74) is 0. The Morgan fingerprint density at radius 2 is 0.615 bits per heavy atom. The molecular weight excluding hydrogens is 356 g/mol. The molecular formula is C24H51ClS. The molecule has 160 valence electrons. The highest BCUT2D eigenvalue weighted by Crippen LogP contribution is 2.55. The maximum atomic E-state index is 7.24. The summed E-state index contributed by atoms with van der Waals surface area (Å²) in [4.78, 5) is 0. The molecule has 0 spiro atoms. The molecule has 0 aliphatic carbocycles. The normalized spacial score (nSPS) is 12.6. The van der Waals surface area contributed by atoms with Crippen LogP contribution in [0.2, 0.25) is 0 Å². The second-order valence-electron chi connectivity index (χ2n) is 8.36. The average Bonchev–Trinajstić information content (AvgIpc) is 2.64. The van der Waals surface area contributed by atoms with Gasteiger partial charge in [-0.25, -0.2) is 0 Å². The predicted octanol–water partition coefficient (Wildman–Crippen LogP) is 10.0. The van der Waals surface area contributed by atoms with Crippen LogP contribution >= 0.6 is 19.9 Å². The zero-order valence-electron chi connectivity index (χ0n) is 18.6. The summed E-state index contributed by atoms with van der Waals surface area (Å²) < 4.78 is 0. The highest BCUT2D eigenvalue weighted by molar-refractivity contribution is 8.51. The van der Waals surface area contributed by atoms with Crippen molar-refractivity contribution in [1.29, 1.82) is 0 Å². The van der Waals surface area contributed by atoms with E-state index in [2.05, 4.69) is 20.8 Å². The van der Waals surface area contributed by atoms with Crippen molar-refractivity contribution in [3.8, 4) is 0 Å². The largest absolute Gasteiger partial charge is 0.163 e. The van der Waals surface area contributed by atoms with Gasteiger partial charge in [-0.3, -0.25) is 0 Å². The fourth-order valence-corrected chi connectivity index (χ4v) is 7.49. The van der Waals surface area contributed by atoms with Crippen molar-refractivity contribution in [2.24, 2.45) is 0 Å². The van der Waals surface area contributed by atoms with Gasteiger partial charge in [-0.2, -0.15) is 9.24 Å². The lowest BCUT2D eigenvalue weighted by Gasteiger charge is -2.33. The molecule has 0 bridgehead atoms. The molecule has 0 unspecified atom stereocenters. The number of unbranched alkanes of at least 4 members (excludes halogenated alkanes) is 15. The average molecular weight is 407 g/mol. The quantitative estimate of drug-likeness (QED) is 0.166. The lowest BCUT2D eigenvalue weighted by Crippen LogP contribution is -2.09. The first kappa shape index (κ1) is 26.6. The van der Waals surface area contributed by atoms with Gasteiger partial charge in [0.1, 0.15) is 0 Å². The van der Waals surface area contributed by atoms with E-state index >= 15 is 0 Å². The number of halogens is 1. The van der Waals surface area contributed by atoms with E-state index in [4.69, 9.17) is 10.7 Å². The smallest absolute Gasteiger partial charge is 0.0101 e. The molecule has 0 saturated carbocycles. The van der Waals surface area contributed by atoms with E-state index in [0.29, 0.717) is 0 Å². The Morgan fingerprint density at radius 3 is 0.885 bits per heavy atom. The van der Waals surface area contributed by atoms with Gasteiger partial charge in [-0.15, -0.1) is 0 Å². The van der Waals surface area contributed by atoms with Gasteiger partial charge >= 0.3 is 0 Å². The topological polar surface area (TPSA) is 0 Å². The Labute approximate surface area is 173 Å². The van der Waals surface area contributed by atoms with E-state index in [9.17, 15) is 0 Å². The van der Waals surface area contributed by atoms with Crippen molar-refractivity contribution in [1.82, 2.24) is 0 Å². The van der Waals surface area contributed by atoms with Crippen LogP contribution in [0.15, 0.2) is 0 Å². The minimum atomic E-state index is -0.845. The molecule has 0 saturated heterocycles. The van der Waals surface area contributed by atoms with Crippen molar-refractivity contribution in [3.05, 3.63) is 0 Å². The van der Waals surface area contributed by atoms with Crippen LogP contribution in [0, 0.1) is 0 Å². The lowest BCUT2D eigenvalue weighted by molar-refractivity contribution is 0.619. The monoisotopic (exact) mass is 406 g/mol. The van der Waals surface area contributed by atoms with Gasteiger partial charge in [0, 0.05) is 0 Å². The number of rotatable bonds is 21. The summed E-state index contributed by atoms with van der Waals surface area (Å²) in [5, 5.41) is 0. The summed E-state index contributed by atoms with van der Waals surface area (Å²) in [6, 6.07) is 0. The molecule has 26 heavy (non-hydrogen) atoms. The van der Waals surface area contributed by atoms with Crippen LogP contribution in [-0.2, 0) is 0 Å². The minimum Gasteiger partial charge on any atom is -0.163 e. The van der Waals surface area contributed by atoms with Crippen molar-refractivity contribution in [2.75, 3.05) is 17.3 Å². The van der Waals surface area contributed by atoms with Gasteiger partial charge < -0.3 is 0 Å². The molecule has 0 N–H and O–H groups in total. The molecule has 0 rings (SSSR count). The second-order valence-corrected chi connectivity index (χ2v) is 13.4. The molecule has 0 aliphatic rings. The van der Waals surface area contributed by atoms with Crippen molar-refractivity contribution in [3.63, 3.8) is 0 Å². The highest BCUT2D eigenvalue weighted by atomic mass is 35.7. The van der Waals surface area contributed by atoms with Gasteiger partial charge in [0.15, 0.2) is 0 Å². The molecule has 0 nitrogen and oxygen atoms in total. The van der Waals surface area contributed by atoms with E-state index in [1.54, 1.807) is 0 Å². The van der Waals surface area contributed by atoms with Crippen LogP contribution in [0.25, 0.3) is 0 Å². The summed E-state index contributed by atoms with van der Waals surface area (Å²) in [6.07, 6.45) is 25.2. The second kappa shape index (κ2) is 20.4. The van der Waals surface area contributed by atoms with Crippen LogP contribution in [0.4, 0.5) is 0 Å². The van der Waals surface area contributed by atoms with E-state index in [0.717, 1.165) is 0 Å². The lowest BCUT2D eigenvalue weighted by atomic mass is 10.1. The fraction of sp³-hybridized carbons (Fsp3) is 1.00. The summed E-state index contributed by atoms with van der Waals surface area (Å²) >= 11 is 0. The fourth-order valence-electron chi connectivity index (χ4n) is 3.73. The Bertz CT molecular complexity index is 226. The van der Waals surface area contributed by atoms with Crippen LogP contribution < -0.4 is 0 Å². The maximum absolute atomic E-state index is 7.24. The van der Waals surface area contributed by atoms with Crippen LogP contribution in [0.1, 0.15) is 136 Å². The molecule has 0 fully saturated rings. The SMILES string of the molecule is CCCCCCCCS(Cl)(CCCCCCCC)CCCCCCCC. The molecule has 2 heteroatoms. The molecule has 0 atom stereocenters. The van der Waals surface area contributed by atoms with Crippen molar-refractivity contribution >= 4 is 19.9 Å². The summed E-state index contributed by atoms with van der Waals surface area (Å²) in [7, 11) is 6.40. The molecule has 0 aromatic rings. The summed E-state index contributed by atoms with van der Waals surface area (Å²) in [5.74, 6) is 4.01. The van der Waals surface area contributed by atoms with Gasteiger partial charge in [0.25, 0.3) is 0 Å². The molecule has 0 radical (unpaired) electrons. The first-order valence-corrected chi connectivity index (χ1v) is 15.1. The first-order chi connectivity index (χ1) is 12.7. The first-order valence-electron chi connectivity index (χ1n) is 12.1. The molecule has 0 aliphatic heterocycles. The van der Waals surface area contributed by atoms with E-state index in [1.807, 2.05) is 0 Å². The highest BCUT2D eigenvalue weighted by Gasteiger charge is 2.19. The third kappa shape index (κ3) is 18.0. The van der Waals surface area contributed by atoms with Crippen molar-refractivity contribution < 1.29 is 0 Å². The van der Waals surface area contributed by atoms with Gasteiger partial charge in [-0.05, 0) is 36.5 Å². The molecule has 0 aromatic carbocycles. The number of hydrogen-bond acceptors (Lipinski definition) is 0. The molecule has 0 aromatic heterocycles. The standard InChI is InChI=1S/C24H51ClS/c1-4-7-10-13-16-19-22-26(25,23-20-17-14-11-8-5-2)24-21-18-15-12-9-6-3/h4-24H2,1-3H3. The number of hydrogen-bond donors (Lipinski definition) is 0. The molecule has 0 heterocycles. The summed E-state index contributed by atoms with van der Waals surface area (Å²) in [6.45, 7) is 6.90. The zero-order chi connectivity index (χ0) is 19.3. The van der Waals surface area contributed by atoms with E-state index in [1.165, 1.54) is 133 Å². The van der Waals surface area contributed by atoms with Crippen LogP contribution in [0.5, 0.6) is 0 Å². The van der Waals surface area contributed by atoms with Gasteiger partial charge in [0.2, 0.25) is 0 Å². The Hall–Kier alpha value is 0.640. The third-order valence-electron chi connectivity index (χ3n) is 5.59. The maximum Gasteiger partial charge on any atom is -0.0101 e. The van der Waals surface area contributed by atoms with E-state index in [-0.39, 0.29) is 0 Å². The minimum absolute atomic E-state index is 0.845. The Balaban J connectivity index is 4.02. The third-order valence-corrected chi connectivity index (χ3v) is 10.0. The van der Waals surface area contributed by atoms with Gasteiger partial charge in [0.05, 0.1) is 0 Å². The van der Waals surface area contributed by atoms with Crippen LogP contribution in [-0.4, -0.2) is 17.3 Å².